The number of pyridine rings is 1. The minimum atomic E-state index is -0.283. The second-order valence-corrected chi connectivity index (χ2v) is 4.87. The van der Waals surface area contributed by atoms with Crippen LogP contribution in [0.3, 0.4) is 0 Å². The van der Waals surface area contributed by atoms with Crippen LogP contribution in [0.15, 0.2) is 24.5 Å². The summed E-state index contributed by atoms with van der Waals surface area (Å²) in [5.41, 5.74) is 1.24. The highest BCUT2D eigenvalue weighted by atomic mass is 16.5. The van der Waals surface area contributed by atoms with Gasteiger partial charge in [-0.05, 0) is 30.7 Å². The molecule has 1 fully saturated rings. The molecule has 2 rings (SSSR count). The van der Waals surface area contributed by atoms with Gasteiger partial charge in [-0.2, -0.15) is 0 Å². The van der Waals surface area contributed by atoms with Crippen molar-refractivity contribution in [1.29, 1.82) is 0 Å². The minimum Gasteiger partial charge on any atom is -0.391 e. The Hall–Kier alpha value is -0.970. The Morgan fingerprint density at radius 1 is 1.50 bits per heavy atom. The molecule has 1 aromatic heterocycles. The molecule has 1 aliphatic heterocycles. The molecule has 0 aromatic carbocycles. The zero-order valence-electron chi connectivity index (χ0n) is 11.0. The average Bonchev–Trinajstić information content (AvgIpc) is 2.93. The number of ether oxygens (including phenoxy) is 1. The van der Waals surface area contributed by atoms with E-state index in [0.29, 0.717) is 19.1 Å². The van der Waals surface area contributed by atoms with E-state index in [0.717, 1.165) is 26.1 Å². The molecule has 2 unspecified atom stereocenters. The lowest BCUT2D eigenvalue weighted by molar-refractivity contribution is 0.0551. The van der Waals surface area contributed by atoms with Gasteiger partial charge in [-0.1, -0.05) is 6.92 Å². The quantitative estimate of drug-likeness (QED) is 0.826. The van der Waals surface area contributed by atoms with Crippen molar-refractivity contribution in [3.05, 3.63) is 30.1 Å². The molecule has 18 heavy (non-hydrogen) atoms. The third-order valence-corrected chi connectivity index (χ3v) is 3.56. The second-order valence-electron chi connectivity index (χ2n) is 4.87. The van der Waals surface area contributed by atoms with Crippen molar-refractivity contribution in [1.82, 2.24) is 9.88 Å². The average molecular weight is 250 g/mol. The van der Waals surface area contributed by atoms with E-state index in [9.17, 15) is 5.11 Å². The van der Waals surface area contributed by atoms with Crippen molar-refractivity contribution in [2.45, 2.75) is 26.0 Å². The van der Waals surface area contributed by atoms with Crippen LogP contribution in [-0.2, 0) is 11.3 Å². The van der Waals surface area contributed by atoms with Gasteiger partial charge < -0.3 is 9.84 Å². The molecule has 1 N–H and O–H groups in total. The maximum Gasteiger partial charge on any atom is 0.0718 e. The highest BCUT2D eigenvalue weighted by molar-refractivity contribution is 5.09. The first kappa shape index (κ1) is 13.5. The number of hydrogen-bond donors (Lipinski definition) is 1. The van der Waals surface area contributed by atoms with Crippen molar-refractivity contribution in [2.24, 2.45) is 5.92 Å². The summed E-state index contributed by atoms with van der Waals surface area (Å²) in [6.45, 7) is 6.13. The monoisotopic (exact) mass is 250 g/mol. The normalized spacial score (nSPS) is 21.4. The number of hydrogen-bond acceptors (Lipinski definition) is 4. The Labute approximate surface area is 109 Å². The van der Waals surface area contributed by atoms with Crippen LogP contribution in [0.4, 0.5) is 0 Å². The van der Waals surface area contributed by atoms with E-state index in [2.05, 4.69) is 16.8 Å². The Balaban J connectivity index is 1.85. The minimum absolute atomic E-state index is 0.283. The van der Waals surface area contributed by atoms with Crippen molar-refractivity contribution in [2.75, 3.05) is 26.3 Å². The zero-order chi connectivity index (χ0) is 12.8. The first-order chi connectivity index (χ1) is 8.79. The van der Waals surface area contributed by atoms with E-state index in [1.807, 2.05) is 24.5 Å². The Kier molecular flexibility index (Phi) is 5.11. The SMILES string of the molecule is CCN(Cc1ccncc1)CC(O)C1CCOC1. The van der Waals surface area contributed by atoms with Crippen LogP contribution >= 0.6 is 0 Å². The van der Waals surface area contributed by atoms with Crippen molar-refractivity contribution >= 4 is 0 Å². The molecule has 0 radical (unpaired) electrons. The highest BCUT2D eigenvalue weighted by Gasteiger charge is 2.25. The van der Waals surface area contributed by atoms with Gasteiger partial charge in [0.25, 0.3) is 0 Å². The molecule has 4 heteroatoms. The van der Waals surface area contributed by atoms with Crippen LogP contribution in [0.2, 0.25) is 0 Å². The lowest BCUT2D eigenvalue weighted by atomic mass is 10.0. The van der Waals surface area contributed by atoms with Gasteiger partial charge in [0.05, 0.1) is 12.7 Å². The largest absolute Gasteiger partial charge is 0.391 e. The van der Waals surface area contributed by atoms with Crippen LogP contribution < -0.4 is 0 Å². The first-order valence-corrected chi connectivity index (χ1v) is 6.66. The summed E-state index contributed by atoms with van der Waals surface area (Å²) in [5.74, 6) is 0.302. The van der Waals surface area contributed by atoms with E-state index in [-0.39, 0.29) is 6.10 Å². The number of nitrogens with zero attached hydrogens (tertiary/aromatic N) is 2. The summed E-state index contributed by atoms with van der Waals surface area (Å²) in [5, 5.41) is 10.2. The number of aliphatic hydroxyl groups is 1. The molecule has 0 aliphatic carbocycles. The lowest BCUT2D eigenvalue weighted by Gasteiger charge is -2.26. The Bertz CT molecular complexity index is 339. The molecule has 4 nitrogen and oxygen atoms in total. The van der Waals surface area contributed by atoms with E-state index in [1.165, 1.54) is 5.56 Å². The van der Waals surface area contributed by atoms with Gasteiger partial charge in [0.1, 0.15) is 0 Å². The van der Waals surface area contributed by atoms with Gasteiger partial charge in [-0.3, -0.25) is 9.88 Å². The summed E-state index contributed by atoms with van der Waals surface area (Å²) in [4.78, 5) is 6.28. The van der Waals surface area contributed by atoms with Crippen molar-refractivity contribution in [3.8, 4) is 0 Å². The Morgan fingerprint density at radius 2 is 2.28 bits per heavy atom. The number of likely N-dealkylation sites (N-methyl/N-ethyl adjacent to an activating group) is 1. The predicted molar refractivity (Wildman–Crippen MR) is 70.1 cm³/mol. The molecule has 2 heterocycles. The number of rotatable bonds is 6. The van der Waals surface area contributed by atoms with Crippen LogP contribution in [0.25, 0.3) is 0 Å². The third kappa shape index (κ3) is 3.77. The molecule has 1 aromatic rings. The van der Waals surface area contributed by atoms with Gasteiger partial charge in [-0.25, -0.2) is 0 Å². The smallest absolute Gasteiger partial charge is 0.0718 e. The van der Waals surface area contributed by atoms with Gasteiger partial charge in [0.2, 0.25) is 0 Å². The van der Waals surface area contributed by atoms with Gasteiger partial charge in [0, 0.05) is 38.0 Å². The fourth-order valence-electron chi connectivity index (χ4n) is 2.32. The zero-order valence-corrected chi connectivity index (χ0v) is 11.0. The maximum absolute atomic E-state index is 10.2. The van der Waals surface area contributed by atoms with Gasteiger partial charge >= 0.3 is 0 Å². The summed E-state index contributed by atoms with van der Waals surface area (Å²) < 4.78 is 5.32. The van der Waals surface area contributed by atoms with Crippen LogP contribution in [0, 0.1) is 5.92 Å². The topological polar surface area (TPSA) is 45.6 Å². The number of aromatic nitrogens is 1. The van der Waals surface area contributed by atoms with Gasteiger partial charge in [-0.15, -0.1) is 0 Å². The molecule has 1 aliphatic rings. The summed E-state index contributed by atoms with van der Waals surface area (Å²) in [6.07, 6.45) is 4.32. The fraction of sp³-hybridized carbons (Fsp3) is 0.643. The number of aliphatic hydroxyl groups excluding tert-OH is 1. The van der Waals surface area contributed by atoms with Crippen molar-refractivity contribution in [3.63, 3.8) is 0 Å². The van der Waals surface area contributed by atoms with E-state index < -0.39 is 0 Å². The molecular formula is C14H22N2O2. The van der Waals surface area contributed by atoms with Crippen LogP contribution in [0.1, 0.15) is 18.9 Å². The van der Waals surface area contributed by atoms with E-state index in [1.54, 1.807) is 0 Å². The molecule has 0 spiro atoms. The first-order valence-electron chi connectivity index (χ1n) is 6.66. The van der Waals surface area contributed by atoms with Crippen LogP contribution in [0.5, 0.6) is 0 Å². The fourth-order valence-corrected chi connectivity index (χ4v) is 2.32. The molecular weight excluding hydrogens is 228 g/mol. The summed E-state index contributed by atoms with van der Waals surface area (Å²) in [7, 11) is 0. The standard InChI is InChI=1S/C14H22N2O2/c1-2-16(9-12-3-6-15-7-4-12)10-14(17)13-5-8-18-11-13/h3-4,6-7,13-14,17H,2,5,8-11H2,1H3. The van der Waals surface area contributed by atoms with Crippen LogP contribution in [-0.4, -0.2) is 47.4 Å². The molecule has 100 valence electrons. The van der Waals surface area contributed by atoms with E-state index in [4.69, 9.17) is 4.74 Å². The Morgan fingerprint density at radius 3 is 2.89 bits per heavy atom. The van der Waals surface area contributed by atoms with Crippen molar-refractivity contribution < 1.29 is 9.84 Å². The lowest BCUT2D eigenvalue weighted by Crippen LogP contribution is -2.36. The highest BCUT2D eigenvalue weighted by Crippen LogP contribution is 2.18. The third-order valence-electron chi connectivity index (χ3n) is 3.56. The molecule has 0 saturated carbocycles. The van der Waals surface area contributed by atoms with E-state index >= 15 is 0 Å². The second kappa shape index (κ2) is 6.83. The molecule has 0 amide bonds. The van der Waals surface area contributed by atoms with Gasteiger partial charge in [0.15, 0.2) is 0 Å². The summed E-state index contributed by atoms with van der Waals surface area (Å²) >= 11 is 0. The summed E-state index contributed by atoms with van der Waals surface area (Å²) in [6, 6.07) is 4.04. The molecule has 1 saturated heterocycles. The predicted octanol–water partition coefficient (Wildman–Crippen LogP) is 1.30. The molecule has 0 bridgehead atoms. The molecule has 2 atom stereocenters. The maximum atomic E-state index is 10.2.